The van der Waals surface area contributed by atoms with Gasteiger partial charge >= 0.3 is 5.97 Å². The quantitative estimate of drug-likeness (QED) is 0.604. The van der Waals surface area contributed by atoms with Crippen LogP contribution in [0.5, 0.6) is 5.75 Å². The third-order valence-corrected chi connectivity index (χ3v) is 4.91. The fraction of sp³-hybridized carbons (Fsp3) is 0.389. The number of fused-ring (bicyclic) bond motifs is 1. The van der Waals surface area contributed by atoms with Crippen molar-refractivity contribution < 1.29 is 14.3 Å². The molecule has 2 aromatic rings. The van der Waals surface area contributed by atoms with Gasteiger partial charge in [0.2, 0.25) is 0 Å². The summed E-state index contributed by atoms with van der Waals surface area (Å²) in [4.78, 5) is 20.7. The van der Waals surface area contributed by atoms with Crippen LogP contribution in [0.2, 0.25) is 0 Å². The van der Waals surface area contributed by atoms with Gasteiger partial charge < -0.3 is 14.8 Å². The minimum atomic E-state index is -0.434. The van der Waals surface area contributed by atoms with E-state index < -0.39 is 6.04 Å². The normalized spacial score (nSPS) is 16.7. The standard InChI is InChI=1S/C18H21N3O3S/c1-19-8-3-9-24-13-5-7-14-12(10-13)4-6-15(20-14)17-21-16(11-25-17)18(22)23-2/h4-7,10,16,19H,3,8-9,11H2,1-2H3/t16-/m1/s1. The van der Waals surface area contributed by atoms with E-state index in [0.29, 0.717) is 12.4 Å². The predicted octanol–water partition coefficient (Wildman–Crippen LogP) is 2.26. The molecule has 3 rings (SSSR count). The number of thioether (sulfide) groups is 1. The van der Waals surface area contributed by atoms with E-state index in [9.17, 15) is 4.79 Å². The van der Waals surface area contributed by atoms with Crippen molar-refractivity contribution in [1.82, 2.24) is 10.3 Å². The number of pyridine rings is 1. The topological polar surface area (TPSA) is 72.8 Å². The van der Waals surface area contributed by atoms with Gasteiger partial charge in [0, 0.05) is 11.1 Å². The second-order valence-electron chi connectivity index (χ2n) is 5.64. The van der Waals surface area contributed by atoms with Crippen molar-refractivity contribution in [3.8, 4) is 5.75 Å². The number of carbonyl (C=O) groups is 1. The van der Waals surface area contributed by atoms with Gasteiger partial charge in [-0.2, -0.15) is 0 Å². The molecular formula is C18H21N3O3S. The number of esters is 1. The molecule has 7 heteroatoms. The van der Waals surface area contributed by atoms with Gasteiger partial charge in [0.05, 0.1) is 24.9 Å². The molecular weight excluding hydrogens is 338 g/mol. The fourth-order valence-corrected chi connectivity index (χ4v) is 3.51. The number of nitrogens with one attached hydrogen (secondary N) is 1. The Kier molecular flexibility index (Phi) is 5.88. The molecule has 0 saturated carbocycles. The Morgan fingerprint density at radius 1 is 1.36 bits per heavy atom. The van der Waals surface area contributed by atoms with Gasteiger partial charge in [-0.25, -0.2) is 9.78 Å². The van der Waals surface area contributed by atoms with Crippen LogP contribution in [-0.2, 0) is 9.53 Å². The average Bonchev–Trinajstić information content (AvgIpc) is 3.14. The maximum Gasteiger partial charge on any atom is 0.331 e. The molecule has 2 heterocycles. The predicted molar refractivity (Wildman–Crippen MR) is 101 cm³/mol. The van der Waals surface area contributed by atoms with Crippen LogP contribution in [0.15, 0.2) is 35.3 Å². The maximum absolute atomic E-state index is 11.6. The molecule has 1 aromatic carbocycles. The van der Waals surface area contributed by atoms with E-state index in [2.05, 4.69) is 15.3 Å². The molecule has 0 bridgehead atoms. The Labute approximate surface area is 151 Å². The van der Waals surface area contributed by atoms with Crippen LogP contribution in [0.4, 0.5) is 0 Å². The Bertz CT molecular complexity index is 794. The van der Waals surface area contributed by atoms with Crippen LogP contribution < -0.4 is 10.1 Å². The Balaban J connectivity index is 1.74. The molecule has 1 aromatic heterocycles. The largest absolute Gasteiger partial charge is 0.494 e. The highest BCUT2D eigenvalue weighted by Crippen LogP contribution is 2.26. The van der Waals surface area contributed by atoms with Gasteiger partial charge in [-0.05, 0) is 44.3 Å². The molecule has 0 fully saturated rings. The molecule has 1 atom stereocenters. The summed E-state index contributed by atoms with van der Waals surface area (Å²) in [7, 11) is 3.31. The fourth-order valence-electron chi connectivity index (χ4n) is 2.52. The molecule has 0 spiro atoms. The number of hydrogen-bond acceptors (Lipinski definition) is 7. The number of aromatic nitrogens is 1. The van der Waals surface area contributed by atoms with Gasteiger partial charge in [0.25, 0.3) is 0 Å². The van der Waals surface area contributed by atoms with Crippen LogP contribution in [0, 0.1) is 0 Å². The zero-order chi connectivity index (χ0) is 17.6. The summed E-state index contributed by atoms with van der Waals surface area (Å²) in [5, 5.41) is 4.90. The minimum Gasteiger partial charge on any atom is -0.494 e. The molecule has 6 nitrogen and oxygen atoms in total. The van der Waals surface area contributed by atoms with Gasteiger partial charge in [-0.15, -0.1) is 11.8 Å². The lowest BCUT2D eigenvalue weighted by Crippen LogP contribution is -2.19. The third-order valence-electron chi connectivity index (χ3n) is 3.84. The number of nitrogens with zero attached hydrogens (tertiary/aromatic N) is 2. The zero-order valence-corrected chi connectivity index (χ0v) is 15.1. The zero-order valence-electron chi connectivity index (χ0n) is 14.3. The monoisotopic (exact) mass is 359 g/mol. The van der Waals surface area contributed by atoms with Gasteiger partial charge in [0.1, 0.15) is 10.8 Å². The smallest absolute Gasteiger partial charge is 0.331 e. The van der Waals surface area contributed by atoms with Crippen molar-refractivity contribution in [3.63, 3.8) is 0 Å². The highest BCUT2D eigenvalue weighted by Gasteiger charge is 2.26. The van der Waals surface area contributed by atoms with Crippen molar-refractivity contribution in [2.75, 3.05) is 33.1 Å². The first kappa shape index (κ1) is 17.7. The first-order valence-corrected chi connectivity index (χ1v) is 9.17. The molecule has 0 amide bonds. The van der Waals surface area contributed by atoms with Crippen molar-refractivity contribution in [2.45, 2.75) is 12.5 Å². The first-order chi connectivity index (χ1) is 12.2. The number of hydrogen-bond donors (Lipinski definition) is 1. The Morgan fingerprint density at radius 2 is 2.24 bits per heavy atom. The number of benzene rings is 1. The number of ether oxygens (including phenoxy) is 2. The molecule has 0 radical (unpaired) electrons. The molecule has 0 saturated heterocycles. The van der Waals surface area contributed by atoms with Gasteiger partial charge in [-0.3, -0.25) is 4.99 Å². The molecule has 1 aliphatic heterocycles. The molecule has 25 heavy (non-hydrogen) atoms. The number of rotatable bonds is 7. The third kappa shape index (κ3) is 4.29. The lowest BCUT2D eigenvalue weighted by molar-refractivity contribution is -0.141. The lowest BCUT2D eigenvalue weighted by atomic mass is 10.2. The van der Waals surface area contributed by atoms with Gasteiger partial charge in [0.15, 0.2) is 6.04 Å². The molecule has 1 aliphatic rings. The molecule has 1 N–H and O–H groups in total. The van der Waals surface area contributed by atoms with Crippen molar-refractivity contribution in [1.29, 1.82) is 0 Å². The highest BCUT2D eigenvalue weighted by atomic mass is 32.2. The van der Waals surface area contributed by atoms with E-state index in [4.69, 9.17) is 9.47 Å². The summed E-state index contributed by atoms with van der Waals surface area (Å²) in [5.41, 5.74) is 1.66. The molecule has 0 unspecified atom stereocenters. The van der Waals surface area contributed by atoms with Crippen LogP contribution in [0.1, 0.15) is 12.1 Å². The summed E-state index contributed by atoms with van der Waals surface area (Å²) in [6.07, 6.45) is 0.962. The van der Waals surface area contributed by atoms with Crippen molar-refractivity contribution >= 4 is 33.7 Å². The summed E-state index contributed by atoms with van der Waals surface area (Å²) in [5.74, 6) is 1.14. The summed E-state index contributed by atoms with van der Waals surface area (Å²) < 4.78 is 10.5. The van der Waals surface area contributed by atoms with E-state index in [1.54, 1.807) is 0 Å². The Morgan fingerprint density at radius 3 is 3.04 bits per heavy atom. The van der Waals surface area contributed by atoms with E-state index >= 15 is 0 Å². The van der Waals surface area contributed by atoms with E-state index in [0.717, 1.165) is 40.4 Å². The van der Waals surface area contributed by atoms with Crippen LogP contribution in [0.3, 0.4) is 0 Å². The van der Waals surface area contributed by atoms with E-state index in [1.807, 2.05) is 37.4 Å². The maximum atomic E-state index is 11.6. The molecule has 0 aliphatic carbocycles. The summed E-state index contributed by atoms with van der Waals surface area (Å²) in [6, 6.07) is 9.37. The van der Waals surface area contributed by atoms with Crippen LogP contribution >= 0.6 is 11.8 Å². The van der Waals surface area contributed by atoms with Gasteiger partial charge in [-0.1, -0.05) is 6.07 Å². The summed E-state index contributed by atoms with van der Waals surface area (Å²) in [6.45, 7) is 1.62. The Hall–Kier alpha value is -2.12. The van der Waals surface area contributed by atoms with E-state index in [-0.39, 0.29) is 5.97 Å². The van der Waals surface area contributed by atoms with Crippen molar-refractivity contribution in [2.24, 2.45) is 4.99 Å². The number of carbonyl (C=O) groups excluding carboxylic acids is 1. The lowest BCUT2D eigenvalue weighted by Gasteiger charge is -2.08. The second kappa shape index (κ2) is 8.31. The highest BCUT2D eigenvalue weighted by molar-refractivity contribution is 8.14. The number of aliphatic imine (C=N–C) groups is 1. The number of methoxy groups -OCH3 is 1. The second-order valence-corrected chi connectivity index (χ2v) is 6.65. The SMILES string of the molecule is CNCCCOc1ccc2nc(C3=N[C@@H](C(=O)OC)CS3)ccc2c1. The minimum absolute atomic E-state index is 0.302. The summed E-state index contributed by atoms with van der Waals surface area (Å²) >= 11 is 1.53. The van der Waals surface area contributed by atoms with Crippen LogP contribution in [-0.4, -0.2) is 55.1 Å². The first-order valence-electron chi connectivity index (χ1n) is 8.18. The van der Waals surface area contributed by atoms with E-state index in [1.165, 1.54) is 18.9 Å². The van der Waals surface area contributed by atoms with Crippen LogP contribution in [0.25, 0.3) is 10.9 Å². The average molecular weight is 359 g/mol. The van der Waals surface area contributed by atoms with Crippen molar-refractivity contribution in [3.05, 3.63) is 36.0 Å². The molecule has 132 valence electrons.